The predicted molar refractivity (Wildman–Crippen MR) is 63.3 cm³/mol. The van der Waals surface area contributed by atoms with Gasteiger partial charge in [0.1, 0.15) is 0 Å². The molecule has 0 saturated carbocycles. The Labute approximate surface area is 90.8 Å². The van der Waals surface area contributed by atoms with E-state index in [1.54, 1.807) is 12.4 Å². The third-order valence-corrected chi connectivity index (χ3v) is 2.05. The van der Waals surface area contributed by atoms with Crippen LogP contribution in [-0.2, 0) is 6.54 Å². The molecule has 0 aliphatic rings. The molecule has 0 atom stereocenters. The molecule has 1 aromatic heterocycles. The lowest BCUT2D eigenvalue weighted by Crippen LogP contribution is -1.97. The number of nitrogens with zero attached hydrogens (tertiary/aromatic N) is 1. The third kappa shape index (κ3) is 4.38. The van der Waals surface area contributed by atoms with E-state index in [4.69, 9.17) is 5.73 Å². The fraction of sp³-hybridized carbons (Fsp3) is 0.154. The summed E-state index contributed by atoms with van der Waals surface area (Å²) in [7, 11) is 0. The Balaban J connectivity index is 0.000000162. The van der Waals surface area contributed by atoms with Crippen LogP contribution in [0, 0.1) is 6.92 Å². The topological polar surface area (TPSA) is 38.9 Å². The predicted octanol–water partition coefficient (Wildman–Crippen LogP) is 2.54. The zero-order valence-electron chi connectivity index (χ0n) is 8.93. The fourth-order valence-corrected chi connectivity index (χ4v) is 1.15. The van der Waals surface area contributed by atoms with Gasteiger partial charge in [0.15, 0.2) is 0 Å². The van der Waals surface area contributed by atoms with Gasteiger partial charge in [-0.2, -0.15) is 0 Å². The van der Waals surface area contributed by atoms with Crippen LogP contribution < -0.4 is 5.73 Å². The molecule has 2 rings (SSSR count). The van der Waals surface area contributed by atoms with Crippen molar-refractivity contribution >= 4 is 0 Å². The van der Waals surface area contributed by atoms with Gasteiger partial charge in [-0.15, -0.1) is 0 Å². The highest BCUT2D eigenvalue weighted by atomic mass is 14.6. The summed E-state index contributed by atoms with van der Waals surface area (Å²) >= 11 is 0. The molecule has 0 aliphatic carbocycles. The minimum atomic E-state index is 0.646. The maximum absolute atomic E-state index is 5.45. The molecule has 0 aliphatic heterocycles. The van der Waals surface area contributed by atoms with Gasteiger partial charge in [0.25, 0.3) is 0 Å². The second-order valence-electron chi connectivity index (χ2n) is 3.16. The minimum absolute atomic E-state index is 0.646. The van der Waals surface area contributed by atoms with E-state index in [9.17, 15) is 0 Å². The minimum Gasteiger partial charge on any atom is -0.326 e. The van der Waals surface area contributed by atoms with E-state index >= 15 is 0 Å². The van der Waals surface area contributed by atoms with Crippen molar-refractivity contribution < 1.29 is 0 Å². The average Bonchev–Trinajstić information content (AvgIpc) is 2.33. The Kier molecular flexibility index (Phi) is 5.12. The van der Waals surface area contributed by atoms with E-state index < -0.39 is 0 Å². The van der Waals surface area contributed by atoms with Gasteiger partial charge in [-0.3, -0.25) is 4.98 Å². The number of nitrogens with two attached hydrogens (primary N) is 1. The molecule has 78 valence electrons. The van der Waals surface area contributed by atoms with Gasteiger partial charge in [-0.05, 0) is 30.2 Å². The largest absolute Gasteiger partial charge is 0.326 e. The van der Waals surface area contributed by atoms with E-state index in [1.807, 2.05) is 30.3 Å². The molecule has 1 heterocycles. The molecular weight excluding hydrogens is 184 g/mol. The van der Waals surface area contributed by atoms with Gasteiger partial charge in [0, 0.05) is 18.9 Å². The van der Waals surface area contributed by atoms with Crippen molar-refractivity contribution in [2.45, 2.75) is 13.5 Å². The molecule has 2 N–H and O–H groups in total. The van der Waals surface area contributed by atoms with Crippen LogP contribution in [0.3, 0.4) is 0 Å². The van der Waals surface area contributed by atoms with E-state index in [0.717, 1.165) is 0 Å². The van der Waals surface area contributed by atoms with Crippen LogP contribution in [0.4, 0.5) is 0 Å². The van der Waals surface area contributed by atoms with Gasteiger partial charge in [-0.25, -0.2) is 0 Å². The highest BCUT2D eigenvalue weighted by molar-refractivity contribution is 5.24. The lowest BCUT2D eigenvalue weighted by atomic mass is 10.1. The highest BCUT2D eigenvalue weighted by Gasteiger charge is 1.89. The number of aryl methyl sites for hydroxylation is 1. The fourth-order valence-electron chi connectivity index (χ4n) is 1.15. The summed E-state index contributed by atoms with van der Waals surface area (Å²) in [5, 5.41) is 0. The van der Waals surface area contributed by atoms with Crippen molar-refractivity contribution in [3.8, 4) is 0 Å². The van der Waals surface area contributed by atoms with Crippen LogP contribution in [0.15, 0.2) is 54.9 Å². The first-order valence-corrected chi connectivity index (χ1v) is 4.94. The number of benzene rings is 1. The molecule has 0 spiro atoms. The zero-order chi connectivity index (χ0) is 10.9. The standard InChI is InChI=1S/C8H11N.C5H5N/c1-7-4-2-3-5-8(7)6-9;1-2-4-6-5-3-1/h2-5H,6,9H2,1H3;1-5H. The second kappa shape index (κ2) is 6.74. The van der Waals surface area contributed by atoms with Crippen molar-refractivity contribution in [3.63, 3.8) is 0 Å². The summed E-state index contributed by atoms with van der Waals surface area (Å²) in [5.41, 5.74) is 7.96. The number of rotatable bonds is 1. The average molecular weight is 200 g/mol. The molecule has 2 heteroatoms. The van der Waals surface area contributed by atoms with E-state index in [-0.39, 0.29) is 0 Å². The van der Waals surface area contributed by atoms with Crippen molar-refractivity contribution in [1.29, 1.82) is 0 Å². The lowest BCUT2D eigenvalue weighted by Gasteiger charge is -1.98. The maximum atomic E-state index is 5.45. The molecular formula is C13H16N2. The quantitative estimate of drug-likeness (QED) is 0.768. The molecule has 0 amide bonds. The molecule has 0 radical (unpaired) electrons. The molecule has 0 bridgehead atoms. The number of hydrogen-bond donors (Lipinski definition) is 1. The Hall–Kier alpha value is -1.67. The number of aromatic nitrogens is 1. The first kappa shape index (κ1) is 11.4. The first-order chi connectivity index (χ1) is 7.34. The van der Waals surface area contributed by atoms with E-state index in [1.165, 1.54) is 11.1 Å². The van der Waals surface area contributed by atoms with Gasteiger partial charge < -0.3 is 5.73 Å². The van der Waals surface area contributed by atoms with E-state index in [0.29, 0.717) is 6.54 Å². The summed E-state index contributed by atoms with van der Waals surface area (Å²) < 4.78 is 0. The Morgan fingerprint density at radius 3 is 2.00 bits per heavy atom. The Bertz CT molecular complexity index is 345. The number of pyridine rings is 1. The lowest BCUT2D eigenvalue weighted by molar-refractivity contribution is 1.05. The summed E-state index contributed by atoms with van der Waals surface area (Å²) in [4.78, 5) is 3.78. The summed E-state index contributed by atoms with van der Waals surface area (Å²) in [6.45, 7) is 2.72. The Morgan fingerprint density at radius 2 is 1.67 bits per heavy atom. The maximum Gasteiger partial charge on any atom is 0.0267 e. The first-order valence-electron chi connectivity index (χ1n) is 4.94. The van der Waals surface area contributed by atoms with Gasteiger partial charge in [0.05, 0.1) is 0 Å². The SMILES string of the molecule is Cc1ccccc1CN.c1ccncc1. The van der Waals surface area contributed by atoms with Crippen molar-refractivity contribution in [2.24, 2.45) is 5.73 Å². The molecule has 0 fully saturated rings. The highest BCUT2D eigenvalue weighted by Crippen LogP contribution is 2.04. The van der Waals surface area contributed by atoms with Crippen LogP contribution in [0.2, 0.25) is 0 Å². The van der Waals surface area contributed by atoms with Gasteiger partial charge in [-0.1, -0.05) is 30.3 Å². The Morgan fingerprint density at radius 1 is 1.00 bits per heavy atom. The van der Waals surface area contributed by atoms with Gasteiger partial charge in [0.2, 0.25) is 0 Å². The molecule has 1 aromatic carbocycles. The van der Waals surface area contributed by atoms with Crippen molar-refractivity contribution in [1.82, 2.24) is 4.98 Å². The van der Waals surface area contributed by atoms with Crippen LogP contribution in [-0.4, -0.2) is 4.98 Å². The zero-order valence-corrected chi connectivity index (χ0v) is 8.93. The van der Waals surface area contributed by atoms with Crippen molar-refractivity contribution in [2.75, 3.05) is 0 Å². The van der Waals surface area contributed by atoms with Crippen LogP contribution in [0.5, 0.6) is 0 Å². The summed E-state index contributed by atoms with van der Waals surface area (Å²) in [5.74, 6) is 0. The summed E-state index contributed by atoms with van der Waals surface area (Å²) in [6, 6.07) is 13.9. The van der Waals surface area contributed by atoms with Gasteiger partial charge >= 0.3 is 0 Å². The van der Waals surface area contributed by atoms with Crippen LogP contribution in [0.1, 0.15) is 11.1 Å². The molecule has 2 nitrogen and oxygen atoms in total. The number of hydrogen-bond acceptors (Lipinski definition) is 2. The second-order valence-corrected chi connectivity index (χ2v) is 3.16. The molecule has 15 heavy (non-hydrogen) atoms. The third-order valence-electron chi connectivity index (χ3n) is 2.05. The van der Waals surface area contributed by atoms with Crippen LogP contribution in [0.25, 0.3) is 0 Å². The van der Waals surface area contributed by atoms with Crippen LogP contribution >= 0.6 is 0 Å². The smallest absolute Gasteiger partial charge is 0.0267 e. The molecule has 2 aromatic rings. The summed E-state index contributed by atoms with van der Waals surface area (Å²) in [6.07, 6.45) is 3.50. The molecule has 0 unspecified atom stereocenters. The normalized spacial score (nSPS) is 8.93. The van der Waals surface area contributed by atoms with E-state index in [2.05, 4.69) is 24.0 Å². The van der Waals surface area contributed by atoms with Crippen molar-refractivity contribution in [3.05, 3.63) is 66.0 Å². The monoisotopic (exact) mass is 200 g/mol. The molecule has 0 saturated heterocycles.